The van der Waals surface area contributed by atoms with E-state index in [4.69, 9.17) is 0 Å². The van der Waals surface area contributed by atoms with Crippen LogP contribution in [0.5, 0.6) is 0 Å². The van der Waals surface area contributed by atoms with Gasteiger partial charge in [-0.15, -0.1) is 0 Å². The molecule has 2 heteroatoms. The molecule has 0 aliphatic carbocycles. The van der Waals surface area contributed by atoms with Gasteiger partial charge in [-0.25, -0.2) is 4.31 Å². The highest BCUT2D eigenvalue weighted by molar-refractivity contribution is 7.97. The maximum absolute atomic E-state index is 2.35. The normalized spacial score (nSPS) is 10.8. The molecule has 1 nitrogen and oxygen atoms in total. The molecule has 72 valence electrons. The van der Waals surface area contributed by atoms with Gasteiger partial charge in [0.1, 0.15) is 0 Å². The Morgan fingerprint density at radius 1 is 1.15 bits per heavy atom. The number of hydrogen-bond acceptors (Lipinski definition) is 2. The van der Waals surface area contributed by atoms with Gasteiger partial charge < -0.3 is 0 Å². The first-order chi connectivity index (χ1) is 6.27. The van der Waals surface area contributed by atoms with Crippen LogP contribution in [0.15, 0.2) is 29.2 Å². The highest BCUT2D eigenvalue weighted by atomic mass is 32.2. The van der Waals surface area contributed by atoms with Gasteiger partial charge in [0.05, 0.1) is 0 Å². The van der Waals surface area contributed by atoms with Crippen molar-refractivity contribution in [3.05, 3.63) is 29.8 Å². The number of hydrogen-bond donors (Lipinski definition) is 0. The highest BCUT2D eigenvalue weighted by Crippen LogP contribution is 2.24. The van der Waals surface area contributed by atoms with E-state index in [0.29, 0.717) is 0 Å². The Morgan fingerprint density at radius 2 is 1.77 bits per heavy atom. The predicted molar refractivity (Wildman–Crippen MR) is 60.0 cm³/mol. The minimum atomic E-state index is 1.09. The zero-order valence-electron chi connectivity index (χ0n) is 8.58. The molecule has 0 saturated heterocycles. The van der Waals surface area contributed by atoms with E-state index in [0.717, 1.165) is 13.1 Å². The van der Waals surface area contributed by atoms with Crippen LogP contribution in [0.25, 0.3) is 0 Å². The molecule has 0 fully saturated rings. The topological polar surface area (TPSA) is 3.24 Å². The zero-order chi connectivity index (χ0) is 9.68. The summed E-state index contributed by atoms with van der Waals surface area (Å²) in [5.41, 5.74) is 1.36. The van der Waals surface area contributed by atoms with Crippen molar-refractivity contribution in [2.75, 3.05) is 13.1 Å². The molecule has 0 aromatic heterocycles. The molecule has 0 radical (unpaired) electrons. The summed E-state index contributed by atoms with van der Waals surface area (Å²) in [5, 5.41) is 0. The second kappa shape index (κ2) is 5.30. The Labute approximate surface area is 85.3 Å². The van der Waals surface area contributed by atoms with Gasteiger partial charge in [-0.2, -0.15) is 0 Å². The summed E-state index contributed by atoms with van der Waals surface area (Å²) in [4.78, 5) is 1.37. The van der Waals surface area contributed by atoms with Crippen molar-refractivity contribution in [1.29, 1.82) is 0 Å². The highest BCUT2D eigenvalue weighted by Gasteiger charge is 2.03. The van der Waals surface area contributed by atoms with Crippen LogP contribution in [0.2, 0.25) is 0 Å². The third kappa shape index (κ3) is 3.05. The van der Waals surface area contributed by atoms with Gasteiger partial charge in [-0.05, 0) is 30.5 Å². The molecule has 13 heavy (non-hydrogen) atoms. The van der Waals surface area contributed by atoms with Crippen molar-refractivity contribution in [2.45, 2.75) is 25.7 Å². The van der Waals surface area contributed by atoms with Gasteiger partial charge in [-0.1, -0.05) is 32.0 Å². The Morgan fingerprint density at radius 3 is 2.31 bits per heavy atom. The SMILES string of the molecule is CCN(CC)Sc1ccccc1C. The first-order valence-electron chi connectivity index (χ1n) is 4.76. The van der Waals surface area contributed by atoms with Crippen LogP contribution in [0.4, 0.5) is 0 Å². The van der Waals surface area contributed by atoms with Gasteiger partial charge in [0.15, 0.2) is 0 Å². The fraction of sp³-hybridized carbons (Fsp3) is 0.455. The molecule has 1 rings (SSSR count). The summed E-state index contributed by atoms with van der Waals surface area (Å²) in [6.45, 7) is 8.72. The molecule has 0 amide bonds. The van der Waals surface area contributed by atoms with E-state index in [2.05, 4.69) is 49.3 Å². The lowest BCUT2D eigenvalue weighted by Crippen LogP contribution is -2.13. The van der Waals surface area contributed by atoms with Crippen LogP contribution in [0, 0.1) is 6.92 Å². The Balaban J connectivity index is 2.67. The maximum Gasteiger partial charge on any atom is 0.0259 e. The lowest BCUT2D eigenvalue weighted by atomic mass is 10.2. The molecule has 0 bridgehead atoms. The van der Waals surface area contributed by atoms with Crippen molar-refractivity contribution in [3.8, 4) is 0 Å². The first kappa shape index (κ1) is 10.6. The van der Waals surface area contributed by atoms with Crippen LogP contribution in [-0.2, 0) is 0 Å². The molecule has 1 aromatic carbocycles. The third-order valence-electron chi connectivity index (χ3n) is 2.03. The van der Waals surface area contributed by atoms with E-state index < -0.39 is 0 Å². The van der Waals surface area contributed by atoms with E-state index >= 15 is 0 Å². The molecular weight excluding hydrogens is 178 g/mol. The zero-order valence-corrected chi connectivity index (χ0v) is 9.40. The molecule has 0 unspecified atom stereocenters. The third-order valence-corrected chi connectivity index (χ3v) is 3.46. The molecule has 0 aliphatic rings. The smallest absolute Gasteiger partial charge is 0.0259 e. The van der Waals surface area contributed by atoms with Gasteiger partial charge in [0, 0.05) is 18.0 Å². The fourth-order valence-corrected chi connectivity index (χ4v) is 2.04. The molecule has 0 saturated carbocycles. The molecule has 1 aromatic rings. The van der Waals surface area contributed by atoms with Gasteiger partial charge in [0.25, 0.3) is 0 Å². The predicted octanol–water partition coefficient (Wildman–Crippen LogP) is 3.34. The van der Waals surface area contributed by atoms with Crippen LogP contribution in [0.3, 0.4) is 0 Å². The molecule has 0 N–H and O–H groups in total. The van der Waals surface area contributed by atoms with E-state index in [-0.39, 0.29) is 0 Å². The summed E-state index contributed by atoms with van der Waals surface area (Å²) >= 11 is 1.85. The van der Waals surface area contributed by atoms with Gasteiger partial charge >= 0.3 is 0 Å². The van der Waals surface area contributed by atoms with Gasteiger partial charge in [-0.3, -0.25) is 0 Å². The lowest BCUT2D eigenvalue weighted by Gasteiger charge is -2.17. The number of aryl methyl sites for hydroxylation is 1. The number of rotatable bonds is 4. The average molecular weight is 195 g/mol. The summed E-state index contributed by atoms with van der Waals surface area (Å²) in [6, 6.07) is 8.52. The van der Waals surface area contributed by atoms with Crippen LogP contribution in [-0.4, -0.2) is 17.4 Å². The van der Waals surface area contributed by atoms with E-state index in [9.17, 15) is 0 Å². The molecule has 0 aliphatic heterocycles. The average Bonchev–Trinajstić information content (AvgIpc) is 2.17. The largest absolute Gasteiger partial charge is 0.247 e. The second-order valence-corrected chi connectivity index (χ2v) is 4.11. The molecule has 0 spiro atoms. The van der Waals surface area contributed by atoms with Crippen molar-refractivity contribution >= 4 is 11.9 Å². The summed E-state index contributed by atoms with van der Waals surface area (Å²) in [5.74, 6) is 0. The molecular formula is C11H17NS. The van der Waals surface area contributed by atoms with E-state index in [1.807, 2.05) is 11.9 Å². The van der Waals surface area contributed by atoms with E-state index in [1.165, 1.54) is 10.5 Å². The Bertz CT molecular complexity index is 256. The summed E-state index contributed by atoms with van der Waals surface area (Å²) in [6.07, 6.45) is 0. The maximum atomic E-state index is 2.35. The minimum Gasteiger partial charge on any atom is -0.247 e. The first-order valence-corrected chi connectivity index (χ1v) is 5.53. The number of nitrogens with zero attached hydrogens (tertiary/aromatic N) is 1. The molecule has 0 heterocycles. The fourth-order valence-electron chi connectivity index (χ4n) is 1.15. The van der Waals surface area contributed by atoms with Crippen molar-refractivity contribution < 1.29 is 0 Å². The number of benzene rings is 1. The molecule has 0 atom stereocenters. The standard InChI is InChI=1S/C11H17NS/c1-4-12(5-2)13-11-9-7-6-8-10(11)3/h6-9H,4-5H2,1-3H3. The van der Waals surface area contributed by atoms with Crippen molar-refractivity contribution in [2.24, 2.45) is 0 Å². The Hall–Kier alpha value is -0.470. The second-order valence-electron chi connectivity index (χ2n) is 2.97. The van der Waals surface area contributed by atoms with E-state index in [1.54, 1.807) is 0 Å². The van der Waals surface area contributed by atoms with Crippen molar-refractivity contribution in [1.82, 2.24) is 4.31 Å². The van der Waals surface area contributed by atoms with Crippen LogP contribution in [0.1, 0.15) is 19.4 Å². The van der Waals surface area contributed by atoms with Crippen LogP contribution < -0.4 is 0 Å². The minimum absolute atomic E-state index is 1.09. The Kier molecular flexibility index (Phi) is 4.33. The summed E-state index contributed by atoms with van der Waals surface area (Å²) < 4.78 is 2.35. The van der Waals surface area contributed by atoms with Crippen LogP contribution >= 0.6 is 11.9 Å². The van der Waals surface area contributed by atoms with Crippen molar-refractivity contribution in [3.63, 3.8) is 0 Å². The monoisotopic (exact) mass is 195 g/mol. The quantitative estimate of drug-likeness (QED) is 0.678. The van der Waals surface area contributed by atoms with Gasteiger partial charge in [0.2, 0.25) is 0 Å². The lowest BCUT2D eigenvalue weighted by molar-refractivity contribution is 0.524. The summed E-state index contributed by atoms with van der Waals surface area (Å²) in [7, 11) is 0.